The first-order valence-electron chi connectivity index (χ1n) is 10.9. The average molecular weight is 484 g/mol. The number of fused-ring (bicyclic) bond motifs is 1. The van der Waals surface area contributed by atoms with Gasteiger partial charge in [-0.05, 0) is 37.6 Å². The Morgan fingerprint density at radius 1 is 1.21 bits per heavy atom. The summed E-state index contributed by atoms with van der Waals surface area (Å²) in [5.41, 5.74) is 2.42. The molecule has 1 aromatic heterocycles. The highest BCUT2D eigenvalue weighted by atomic mass is 35.5. The Balaban J connectivity index is 1.45. The molecule has 4 rings (SSSR count). The number of hydrogen-bond donors (Lipinski definition) is 1. The molecule has 2 heterocycles. The Kier molecular flexibility index (Phi) is 6.85. The summed E-state index contributed by atoms with van der Waals surface area (Å²) in [5.74, 6) is 0.390. The van der Waals surface area contributed by atoms with Crippen LogP contribution in [-0.2, 0) is 4.79 Å². The van der Waals surface area contributed by atoms with Crippen molar-refractivity contribution in [3.63, 3.8) is 0 Å². The molecule has 1 N–H and O–H groups in total. The predicted octanol–water partition coefficient (Wildman–Crippen LogP) is 4.26. The number of carbonyl (C=O) groups is 1. The Morgan fingerprint density at radius 2 is 1.94 bits per heavy atom. The van der Waals surface area contributed by atoms with E-state index in [1.165, 1.54) is 19.4 Å². The van der Waals surface area contributed by atoms with Gasteiger partial charge in [-0.15, -0.1) is 0 Å². The third-order valence-electron chi connectivity index (χ3n) is 6.29. The van der Waals surface area contributed by atoms with Gasteiger partial charge in [0.05, 0.1) is 29.1 Å². The van der Waals surface area contributed by atoms with Crippen molar-refractivity contribution in [2.45, 2.75) is 19.9 Å². The molecule has 10 heteroatoms. The largest absolute Gasteiger partial charge is 0.495 e. The van der Waals surface area contributed by atoms with E-state index in [0.29, 0.717) is 48.0 Å². The molecule has 0 bridgehead atoms. The van der Waals surface area contributed by atoms with Crippen LogP contribution in [0.5, 0.6) is 5.75 Å². The number of rotatable bonds is 6. The van der Waals surface area contributed by atoms with Crippen LogP contribution in [0.2, 0.25) is 5.02 Å². The average Bonchev–Trinajstić information content (AvgIpc) is 2.84. The van der Waals surface area contributed by atoms with Crippen molar-refractivity contribution < 1.29 is 14.5 Å². The summed E-state index contributed by atoms with van der Waals surface area (Å²) in [5, 5.41) is 16.3. The Bertz CT molecular complexity index is 1240. The third-order valence-corrected chi connectivity index (χ3v) is 6.70. The summed E-state index contributed by atoms with van der Waals surface area (Å²) in [6, 6.07) is 8.28. The molecular formula is C24H26ClN5O4. The van der Waals surface area contributed by atoms with Crippen molar-refractivity contribution in [3.8, 4) is 5.75 Å². The molecule has 0 saturated carbocycles. The fraction of sp³-hybridized carbons (Fsp3) is 0.333. The van der Waals surface area contributed by atoms with Crippen molar-refractivity contribution in [1.82, 2.24) is 9.88 Å². The van der Waals surface area contributed by atoms with Crippen molar-refractivity contribution in [3.05, 3.63) is 63.4 Å². The van der Waals surface area contributed by atoms with E-state index < -0.39 is 0 Å². The lowest BCUT2D eigenvalue weighted by molar-refractivity contribution is -0.383. The first kappa shape index (κ1) is 23.7. The molecule has 1 saturated heterocycles. The number of nitrogens with zero attached hydrogens (tertiary/aromatic N) is 4. The van der Waals surface area contributed by atoms with E-state index in [4.69, 9.17) is 16.3 Å². The summed E-state index contributed by atoms with van der Waals surface area (Å²) in [6.07, 6.45) is 3.18. The van der Waals surface area contributed by atoms with Crippen LogP contribution < -0.4 is 15.0 Å². The van der Waals surface area contributed by atoms with Crippen molar-refractivity contribution in [1.29, 1.82) is 0 Å². The van der Waals surface area contributed by atoms with Crippen LogP contribution >= 0.6 is 11.6 Å². The fourth-order valence-corrected chi connectivity index (χ4v) is 4.43. The maximum Gasteiger partial charge on any atom is 0.278 e. The number of nitro benzene ring substituents is 1. The predicted molar refractivity (Wildman–Crippen MR) is 133 cm³/mol. The lowest BCUT2D eigenvalue weighted by Gasteiger charge is -2.39. The van der Waals surface area contributed by atoms with Crippen LogP contribution in [0.15, 0.2) is 42.7 Å². The van der Waals surface area contributed by atoms with Gasteiger partial charge in [0.15, 0.2) is 0 Å². The van der Waals surface area contributed by atoms with Gasteiger partial charge in [-0.1, -0.05) is 11.6 Å². The van der Waals surface area contributed by atoms with Crippen molar-refractivity contribution in [2.75, 3.05) is 43.5 Å². The number of non-ortho nitro benzene ring substituents is 1. The number of ether oxygens (including phenoxy) is 1. The molecule has 0 radical (unpaired) electrons. The fourth-order valence-electron chi connectivity index (χ4n) is 4.28. The molecule has 9 nitrogen and oxygen atoms in total. The normalized spacial score (nSPS) is 15.2. The standard InChI is InChI=1S/C24H26ClN5O4/c1-15-12-20(23(34-3)13-19(15)25)27-24(31)16(2)28-8-10-29(11-9-28)21-4-5-22(30(32)33)18-14-26-7-6-17(18)21/h4-7,12-14,16H,8-11H2,1-3H3,(H,27,31)/t16-/m1/s1. The topological polar surface area (TPSA) is 101 Å². The number of piperazine rings is 1. The van der Waals surface area contributed by atoms with Crippen LogP contribution in [0.3, 0.4) is 0 Å². The smallest absolute Gasteiger partial charge is 0.278 e. The minimum atomic E-state index is -0.386. The van der Waals surface area contributed by atoms with Crippen LogP contribution in [0.4, 0.5) is 17.1 Å². The second kappa shape index (κ2) is 9.82. The zero-order valence-corrected chi connectivity index (χ0v) is 20.0. The SMILES string of the molecule is COc1cc(Cl)c(C)cc1NC(=O)[C@@H](C)N1CCN(c2ccc([N+](=O)[O-])c3cnccc23)CC1. The van der Waals surface area contributed by atoms with E-state index in [2.05, 4.69) is 20.1 Å². The lowest BCUT2D eigenvalue weighted by Crippen LogP contribution is -2.52. The van der Waals surface area contributed by atoms with E-state index in [0.717, 1.165) is 16.6 Å². The zero-order valence-electron chi connectivity index (χ0n) is 19.2. The summed E-state index contributed by atoms with van der Waals surface area (Å²) < 4.78 is 5.36. The number of nitro groups is 1. The van der Waals surface area contributed by atoms with E-state index >= 15 is 0 Å². The first-order valence-corrected chi connectivity index (χ1v) is 11.3. The summed E-state index contributed by atoms with van der Waals surface area (Å²) in [7, 11) is 1.54. The maximum atomic E-state index is 13.0. The van der Waals surface area contributed by atoms with Gasteiger partial charge in [0.2, 0.25) is 5.91 Å². The molecule has 178 valence electrons. The van der Waals surface area contributed by atoms with Crippen LogP contribution in [0, 0.1) is 17.0 Å². The van der Waals surface area contributed by atoms with Gasteiger partial charge in [0.25, 0.3) is 5.69 Å². The summed E-state index contributed by atoms with van der Waals surface area (Å²) >= 11 is 6.17. The van der Waals surface area contributed by atoms with Crippen LogP contribution in [0.1, 0.15) is 12.5 Å². The van der Waals surface area contributed by atoms with Crippen LogP contribution in [0.25, 0.3) is 10.8 Å². The number of pyridine rings is 1. The number of aromatic nitrogens is 1. The number of methoxy groups -OCH3 is 1. The first-order chi connectivity index (χ1) is 16.3. The van der Waals surface area contributed by atoms with Gasteiger partial charge in [-0.2, -0.15) is 0 Å². The van der Waals surface area contributed by atoms with E-state index in [-0.39, 0.29) is 22.6 Å². The quantitative estimate of drug-likeness (QED) is 0.413. The lowest BCUT2D eigenvalue weighted by atomic mass is 10.1. The molecule has 0 aliphatic carbocycles. The second-order valence-electron chi connectivity index (χ2n) is 8.27. The number of halogens is 1. The number of hydrogen-bond acceptors (Lipinski definition) is 7. The molecular weight excluding hydrogens is 458 g/mol. The Labute approximate surface area is 202 Å². The number of aryl methyl sites for hydroxylation is 1. The molecule has 1 atom stereocenters. The number of benzene rings is 2. The molecule has 34 heavy (non-hydrogen) atoms. The minimum absolute atomic E-state index is 0.0450. The van der Waals surface area contributed by atoms with E-state index in [1.54, 1.807) is 24.4 Å². The number of amides is 1. The van der Waals surface area contributed by atoms with Gasteiger partial charge in [0.1, 0.15) is 5.75 Å². The molecule has 1 fully saturated rings. The summed E-state index contributed by atoms with van der Waals surface area (Å²) in [4.78, 5) is 32.4. The van der Waals surface area contributed by atoms with Gasteiger partial charge >= 0.3 is 0 Å². The van der Waals surface area contributed by atoms with Crippen LogP contribution in [-0.4, -0.2) is 60.0 Å². The maximum absolute atomic E-state index is 13.0. The van der Waals surface area contributed by atoms with E-state index in [1.807, 2.05) is 19.9 Å². The van der Waals surface area contributed by atoms with Crippen molar-refractivity contribution >= 4 is 45.3 Å². The van der Waals surface area contributed by atoms with Gasteiger partial charge in [-0.25, -0.2) is 0 Å². The Morgan fingerprint density at radius 3 is 2.62 bits per heavy atom. The van der Waals surface area contributed by atoms with E-state index in [9.17, 15) is 14.9 Å². The van der Waals surface area contributed by atoms with Crippen molar-refractivity contribution in [2.24, 2.45) is 0 Å². The minimum Gasteiger partial charge on any atom is -0.495 e. The highest BCUT2D eigenvalue weighted by Gasteiger charge is 2.27. The zero-order chi connectivity index (χ0) is 24.4. The molecule has 1 amide bonds. The number of carbonyl (C=O) groups excluding carboxylic acids is 1. The monoisotopic (exact) mass is 483 g/mol. The molecule has 0 spiro atoms. The summed E-state index contributed by atoms with van der Waals surface area (Å²) in [6.45, 7) is 6.49. The third kappa shape index (κ3) is 4.62. The number of anilines is 2. The molecule has 3 aromatic rings. The molecule has 1 aliphatic rings. The highest BCUT2D eigenvalue weighted by molar-refractivity contribution is 6.31. The Hall–Kier alpha value is -3.43. The highest BCUT2D eigenvalue weighted by Crippen LogP contribution is 2.34. The molecule has 2 aromatic carbocycles. The number of nitrogens with one attached hydrogen (secondary N) is 1. The molecule has 0 unspecified atom stereocenters. The van der Waals surface area contributed by atoms with Gasteiger partial charge in [-0.3, -0.25) is 24.8 Å². The van der Waals surface area contributed by atoms with Gasteiger partial charge < -0.3 is 15.0 Å². The molecule has 1 aliphatic heterocycles. The van der Waals surface area contributed by atoms with Gasteiger partial charge in [0, 0.05) is 66.8 Å². The second-order valence-corrected chi connectivity index (χ2v) is 8.68.